The molecule has 0 unspecified atom stereocenters. The number of aromatic nitrogens is 1. The molecule has 2 aromatic carbocycles. The lowest BCUT2D eigenvalue weighted by molar-refractivity contribution is -0.120. The molecule has 1 aromatic heterocycles. The molecule has 4 rings (SSSR count). The van der Waals surface area contributed by atoms with Crippen molar-refractivity contribution in [2.75, 3.05) is 18.4 Å². The first-order valence-electron chi connectivity index (χ1n) is 10.3. The fourth-order valence-electron chi connectivity index (χ4n) is 3.95. The molecule has 162 valence electrons. The molecule has 1 amide bonds. The molecule has 1 fully saturated rings. The molecular formula is C23H25N3O4S. The summed E-state index contributed by atoms with van der Waals surface area (Å²) in [5.74, 6) is -0.0249. The maximum atomic E-state index is 12.9. The Balaban J connectivity index is 1.36. The van der Waals surface area contributed by atoms with Gasteiger partial charge in [-0.3, -0.25) is 4.79 Å². The average Bonchev–Trinajstić information content (AvgIpc) is 3.13. The van der Waals surface area contributed by atoms with Crippen LogP contribution in [0, 0.1) is 19.8 Å². The Morgan fingerprint density at radius 2 is 1.61 bits per heavy atom. The number of amides is 1. The van der Waals surface area contributed by atoms with Gasteiger partial charge in [0.1, 0.15) is 10.6 Å². The smallest absolute Gasteiger partial charge is 0.248 e. The van der Waals surface area contributed by atoms with Crippen molar-refractivity contribution < 1.29 is 17.7 Å². The van der Waals surface area contributed by atoms with Crippen molar-refractivity contribution in [3.63, 3.8) is 0 Å². The van der Waals surface area contributed by atoms with Crippen LogP contribution in [0.4, 0.5) is 5.69 Å². The second kappa shape index (κ2) is 8.64. The Labute approximate surface area is 182 Å². The van der Waals surface area contributed by atoms with E-state index in [1.807, 2.05) is 54.6 Å². The minimum Gasteiger partial charge on any atom is -0.360 e. The van der Waals surface area contributed by atoms with Gasteiger partial charge in [0.05, 0.1) is 0 Å². The summed E-state index contributed by atoms with van der Waals surface area (Å²) in [4.78, 5) is 12.8. The first kappa shape index (κ1) is 21.3. The van der Waals surface area contributed by atoms with Crippen LogP contribution in [0.3, 0.4) is 0 Å². The van der Waals surface area contributed by atoms with Crippen LogP contribution < -0.4 is 5.32 Å². The van der Waals surface area contributed by atoms with E-state index >= 15 is 0 Å². The molecule has 7 nitrogen and oxygen atoms in total. The van der Waals surface area contributed by atoms with Gasteiger partial charge in [0.15, 0.2) is 5.76 Å². The molecule has 0 spiro atoms. The first-order chi connectivity index (χ1) is 14.9. The van der Waals surface area contributed by atoms with Crippen molar-refractivity contribution in [3.8, 4) is 11.1 Å². The van der Waals surface area contributed by atoms with Gasteiger partial charge in [-0.2, -0.15) is 4.31 Å². The third kappa shape index (κ3) is 4.40. The van der Waals surface area contributed by atoms with Crippen molar-refractivity contribution >= 4 is 21.6 Å². The summed E-state index contributed by atoms with van der Waals surface area (Å²) in [6.07, 6.45) is 0.938. The number of anilines is 1. The van der Waals surface area contributed by atoms with E-state index in [0.29, 0.717) is 18.5 Å². The summed E-state index contributed by atoms with van der Waals surface area (Å²) in [5.41, 5.74) is 3.29. The maximum Gasteiger partial charge on any atom is 0.248 e. The molecular weight excluding hydrogens is 414 g/mol. The molecule has 1 saturated heterocycles. The summed E-state index contributed by atoms with van der Waals surface area (Å²) >= 11 is 0. The lowest BCUT2D eigenvalue weighted by atomic mass is 9.97. The van der Waals surface area contributed by atoms with Gasteiger partial charge >= 0.3 is 0 Å². The van der Waals surface area contributed by atoms with Crippen LogP contribution in [-0.2, 0) is 14.8 Å². The molecule has 0 saturated carbocycles. The zero-order valence-electron chi connectivity index (χ0n) is 17.5. The van der Waals surface area contributed by atoms with Gasteiger partial charge < -0.3 is 9.84 Å². The Morgan fingerprint density at radius 3 is 2.19 bits per heavy atom. The summed E-state index contributed by atoms with van der Waals surface area (Å²) in [6, 6.07) is 17.8. The number of aryl methyl sites for hydroxylation is 2. The Kier molecular flexibility index (Phi) is 5.93. The summed E-state index contributed by atoms with van der Waals surface area (Å²) < 4.78 is 32.3. The van der Waals surface area contributed by atoms with Crippen LogP contribution in [0.15, 0.2) is 64.0 Å². The van der Waals surface area contributed by atoms with Gasteiger partial charge in [0, 0.05) is 24.7 Å². The molecule has 3 aromatic rings. The topological polar surface area (TPSA) is 92.5 Å². The summed E-state index contributed by atoms with van der Waals surface area (Å²) in [7, 11) is -3.67. The van der Waals surface area contributed by atoms with Crippen LogP contribution in [0.2, 0.25) is 0 Å². The van der Waals surface area contributed by atoms with E-state index in [2.05, 4.69) is 10.5 Å². The Bertz CT molecular complexity index is 1140. The second-order valence-corrected chi connectivity index (χ2v) is 9.64. The standard InChI is InChI=1S/C23H25N3O4S/c1-16-22(17(2)30-25-16)31(28,29)26-14-12-20(13-15-26)23(27)24-21-10-8-19(9-11-21)18-6-4-3-5-7-18/h3-11,20H,12-15H2,1-2H3,(H,24,27). The van der Waals surface area contributed by atoms with E-state index in [-0.39, 0.29) is 35.6 Å². The molecule has 1 aliphatic rings. The van der Waals surface area contributed by atoms with Gasteiger partial charge in [-0.05, 0) is 49.9 Å². The lowest BCUT2D eigenvalue weighted by Crippen LogP contribution is -2.41. The molecule has 0 aliphatic carbocycles. The van der Waals surface area contributed by atoms with Crippen molar-refractivity contribution in [1.29, 1.82) is 0 Å². The Hall–Kier alpha value is -2.97. The largest absolute Gasteiger partial charge is 0.360 e. The lowest BCUT2D eigenvalue weighted by Gasteiger charge is -2.30. The second-order valence-electron chi connectivity index (χ2n) is 7.76. The average molecular weight is 440 g/mol. The number of nitrogens with one attached hydrogen (secondary N) is 1. The third-order valence-corrected chi connectivity index (χ3v) is 7.79. The van der Waals surface area contributed by atoms with E-state index < -0.39 is 10.0 Å². The van der Waals surface area contributed by atoms with Crippen molar-refractivity contribution in [1.82, 2.24) is 9.46 Å². The molecule has 31 heavy (non-hydrogen) atoms. The minimum atomic E-state index is -3.67. The van der Waals surface area contributed by atoms with Crippen molar-refractivity contribution in [2.24, 2.45) is 5.92 Å². The van der Waals surface area contributed by atoms with Crippen molar-refractivity contribution in [3.05, 3.63) is 66.1 Å². The van der Waals surface area contributed by atoms with Gasteiger partial charge in [0.2, 0.25) is 15.9 Å². The normalized spacial score (nSPS) is 15.7. The number of piperidine rings is 1. The highest BCUT2D eigenvalue weighted by Gasteiger charge is 2.35. The van der Waals surface area contributed by atoms with E-state index in [4.69, 9.17) is 4.52 Å². The zero-order valence-corrected chi connectivity index (χ0v) is 18.4. The molecule has 0 atom stereocenters. The fraction of sp³-hybridized carbons (Fsp3) is 0.304. The van der Waals surface area contributed by atoms with Gasteiger partial charge in [-0.15, -0.1) is 0 Å². The van der Waals surface area contributed by atoms with Crippen LogP contribution in [0.5, 0.6) is 0 Å². The SMILES string of the molecule is Cc1noc(C)c1S(=O)(=O)N1CCC(C(=O)Nc2ccc(-c3ccccc3)cc2)CC1. The number of carbonyl (C=O) groups is 1. The highest BCUT2D eigenvalue weighted by Crippen LogP contribution is 2.28. The quantitative estimate of drug-likeness (QED) is 0.649. The van der Waals surface area contributed by atoms with Gasteiger partial charge in [0.25, 0.3) is 0 Å². The number of rotatable bonds is 5. The highest BCUT2D eigenvalue weighted by atomic mass is 32.2. The zero-order chi connectivity index (χ0) is 22.0. The van der Waals surface area contributed by atoms with E-state index in [1.54, 1.807) is 13.8 Å². The van der Waals surface area contributed by atoms with Crippen LogP contribution in [0.1, 0.15) is 24.3 Å². The molecule has 1 aliphatic heterocycles. The monoisotopic (exact) mass is 439 g/mol. The van der Waals surface area contributed by atoms with E-state index in [9.17, 15) is 13.2 Å². The predicted molar refractivity (Wildman–Crippen MR) is 118 cm³/mol. The number of hydrogen-bond acceptors (Lipinski definition) is 5. The number of carbonyl (C=O) groups excluding carboxylic acids is 1. The van der Waals surface area contributed by atoms with Crippen molar-refractivity contribution in [2.45, 2.75) is 31.6 Å². The molecule has 1 N–H and O–H groups in total. The molecule has 0 bridgehead atoms. The van der Waals surface area contributed by atoms with Gasteiger partial charge in [-0.1, -0.05) is 47.6 Å². The van der Waals surface area contributed by atoms with E-state index in [1.165, 1.54) is 4.31 Å². The number of hydrogen-bond donors (Lipinski definition) is 1. The fourth-order valence-corrected chi connectivity index (χ4v) is 5.71. The highest BCUT2D eigenvalue weighted by molar-refractivity contribution is 7.89. The molecule has 8 heteroatoms. The molecule has 0 radical (unpaired) electrons. The number of sulfonamides is 1. The van der Waals surface area contributed by atoms with Crippen LogP contribution in [0.25, 0.3) is 11.1 Å². The summed E-state index contributed by atoms with van der Waals surface area (Å²) in [6.45, 7) is 3.79. The predicted octanol–water partition coefficient (Wildman–Crippen LogP) is 4.00. The van der Waals surface area contributed by atoms with Gasteiger partial charge in [-0.25, -0.2) is 8.42 Å². The first-order valence-corrected chi connectivity index (χ1v) is 11.7. The maximum absolute atomic E-state index is 12.9. The third-order valence-electron chi connectivity index (χ3n) is 5.65. The molecule has 2 heterocycles. The van der Waals surface area contributed by atoms with Crippen LogP contribution >= 0.6 is 0 Å². The number of nitrogens with zero attached hydrogens (tertiary/aromatic N) is 2. The Morgan fingerprint density at radius 1 is 1.00 bits per heavy atom. The number of benzene rings is 2. The minimum absolute atomic E-state index is 0.0816. The van der Waals surface area contributed by atoms with Crippen LogP contribution in [-0.4, -0.2) is 36.9 Å². The van der Waals surface area contributed by atoms with E-state index in [0.717, 1.165) is 16.8 Å². The summed E-state index contributed by atoms with van der Waals surface area (Å²) in [5, 5.41) is 6.71.